The molecule has 0 bridgehead atoms. The third-order valence-corrected chi connectivity index (χ3v) is 5.63. The molecule has 1 saturated carbocycles. The fourth-order valence-corrected chi connectivity index (χ4v) is 3.57. The predicted molar refractivity (Wildman–Crippen MR) is 115 cm³/mol. The van der Waals surface area contributed by atoms with Crippen molar-refractivity contribution in [2.75, 3.05) is 10.6 Å². The first-order chi connectivity index (χ1) is 15.5. The number of rotatable bonds is 6. The number of nitrogens with zero attached hydrogens (tertiary/aromatic N) is 4. The first-order valence-corrected chi connectivity index (χ1v) is 10.5. The molecule has 8 nitrogen and oxygen atoms in total. The van der Waals surface area contributed by atoms with Crippen molar-refractivity contribution in [3.8, 4) is 0 Å². The third-order valence-electron chi connectivity index (χ3n) is 5.63. The lowest BCUT2D eigenvalue weighted by Crippen LogP contribution is -2.16. The maximum atomic E-state index is 13.0. The van der Waals surface area contributed by atoms with Gasteiger partial charge in [-0.05, 0) is 63.3 Å². The van der Waals surface area contributed by atoms with E-state index in [0.717, 1.165) is 22.9 Å². The first kappa shape index (κ1) is 22.7. The summed E-state index contributed by atoms with van der Waals surface area (Å²) in [4.78, 5) is 32.2. The standard InChI is InChI=1S/C22H23F3N6O2/c1-11-4-7-15(27-19(33)14-5-6-14)10-17(11)28-18(32)9-8-16-12(2)26-21-29-20(22(23,24)25)30-31(21)13(16)3/h4,7,10,14H,5-6,8-9H2,1-3H3,(H,27,33)(H,28,32). The molecule has 4 rings (SSSR count). The van der Waals surface area contributed by atoms with Gasteiger partial charge in [0.05, 0.1) is 0 Å². The van der Waals surface area contributed by atoms with Crippen molar-refractivity contribution in [3.63, 3.8) is 0 Å². The predicted octanol–water partition coefficient (Wildman–Crippen LogP) is 3.99. The summed E-state index contributed by atoms with van der Waals surface area (Å²) >= 11 is 0. The molecule has 1 aliphatic rings. The fraction of sp³-hybridized carbons (Fsp3) is 0.409. The normalized spacial score (nSPS) is 13.9. The molecule has 33 heavy (non-hydrogen) atoms. The van der Waals surface area contributed by atoms with Gasteiger partial charge in [-0.3, -0.25) is 9.59 Å². The van der Waals surface area contributed by atoms with E-state index in [0.29, 0.717) is 28.3 Å². The highest BCUT2D eigenvalue weighted by atomic mass is 19.4. The monoisotopic (exact) mass is 460 g/mol. The van der Waals surface area contributed by atoms with Gasteiger partial charge >= 0.3 is 6.18 Å². The number of fused-ring (bicyclic) bond motifs is 1. The molecule has 174 valence electrons. The van der Waals surface area contributed by atoms with Crippen LogP contribution in [0.3, 0.4) is 0 Å². The molecule has 2 amide bonds. The maximum absolute atomic E-state index is 13.0. The van der Waals surface area contributed by atoms with Crippen molar-refractivity contribution in [3.05, 3.63) is 46.5 Å². The zero-order chi connectivity index (χ0) is 23.9. The number of carbonyl (C=O) groups excluding carboxylic acids is 2. The van der Waals surface area contributed by atoms with Crippen LogP contribution in [-0.2, 0) is 22.2 Å². The summed E-state index contributed by atoms with van der Waals surface area (Å²) < 4.78 is 39.9. The van der Waals surface area contributed by atoms with Crippen LogP contribution in [0.5, 0.6) is 0 Å². The Morgan fingerprint density at radius 2 is 1.85 bits per heavy atom. The molecule has 0 unspecified atom stereocenters. The van der Waals surface area contributed by atoms with E-state index in [-0.39, 0.29) is 36.4 Å². The van der Waals surface area contributed by atoms with Crippen molar-refractivity contribution in [1.29, 1.82) is 0 Å². The van der Waals surface area contributed by atoms with Gasteiger partial charge in [-0.2, -0.15) is 18.2 Å². The number of nitrogens with one attached hydrogen (secondary N) is 2. The largest absolute Gasteiger partial charge is 0.453 e. The summed E-state index contributed by atoms with van der Waals surface area (Å²) in [6.07, 6.45) is -2.52. The number of aryl methyl sites for hydroxylation is 3. The zero-order valence-electron chi connectivity index (χ0n) is 18.4. The number of amides is 2. The highest BCUT2D eigenvalue weighted by molar-refractivity contribution is 5.96. The average Bonchev–Trinajstić information content (AvgIpc) is 3.49. The smallest absolute Gasteiger partial charge is 0.326 e. The molecular formula is C22H23F3N6O2. The summed E-state index contributed by atoms with van der Waals surface area (Å²) in [6, 6.07) is 5.31. The van der Waals surface area contributed by atoms with Gasteiger partial charge in [-0.1, -0.05) is 6.07 Å². The van der Waals surface area contributed by atoms with Crippen LogP contribution in [0.1, 0.15) is 47.6 Å². The van der Waals surface area contributed by atoms with Gasteiger partial charge in [0.15, 0.2) is 0 Å². The molecule has 2 aromatic heterocycles. The summed E-state index contributed by atoms with van der Waals surface area (Å²) in [5.41, 5.74) is 3.62. The summed E-state index contributed by atoms with van der Waals surface area (Å²) in [7, 11) is 0. The number of halogens is 3. The minimum absolute atomic E-state index is 0.0215. The first-order valence-electron chi connectivity index (χ1n) is 10.5. The number of anilines is 2. The fourth-order valence-electron chi connectivity index (χ4n) is 3.57. The van der Waals surface area contributed by atoms with E-state index in [4.69, 9.17) is 0 Å². The van der Waals surface area contributed by atoms with Crippen molar-refractivity contribution in [2.24, 2.45) is 5.92 Å². The second-order valence-electron chi connectivity index (χ2n) is 8.25. The molecule has 3 aromatic rings. The Balaban J connectivity index is 1.46. The second kappa shape index (κ2) is 8.45. The Morgan fingerprint density at radius 3 is 2.52 bits per heavy atom. The van der Waals surface area contributed by atoms with Gasteiger partial charge in [0.2, 0.25) is 11.8 Å². The molecule has 1 aromatic carbocycles. The van der Waals surface area contributed by atoms with Gasteiger partial charge < -0.3 is 10.6 Å². The minimum atomic E-state index is -4.67. The summed E-state index contributed by atoms with van der Waals surface area (Å²) in [5, 5.41) is 9.22. The number of benzene rings is 1. The minimum Gasteiger partial charge on any atom is -0.326 e. The Hall–Kier alpha value is -3.50. The van der Waals surface area contributed by atoms with Crippen molar-refractivity contribution in [1.82, 2.24) is 19.6 Å². The molecule has 0 saturated heterocycles. The number of hydrogen-bond acceptors (Lipinski definition) is 5. The molecule has 2 N–H and O–H groups in total. The lowest BCUT2D eigenvalue weighted by Gasteiger charge is -2.13. The zero-order valence-corrected chi connectivity index (χ0v) is 18.4. The third kappa shape index (κ3) is 4.96. The van der Waals surface area contributed by atoms with E-state index in [2.05, 4.69) is 25.7 Å². The van der Waals surface area contributed by atoms with Gasteiger partial charge in [0, 0.05) is 35.1 Å². The van der Waals surface area contributed by atoms with Crippen LogP contribution in [0.2, 0.25) is 0 Å². The van der Waals surface area contributed by atoms with Crippen LogP contribution in [0.4, 0.5) is 24.5 Å². The number of aromatic nitrogens is 4. The molecule has 1 aliphatic carbocycles. The van der Waals surface area contributed by atoms with Crippen LogP contribution in [0.25, 0.3) is 5.78 Å². The maximum Gasteiger partial charge on any atom is 0.453 e. The SMILES string of the molecule is Cc1ccc(NC(=O)C2CC2)cc1NC(=O)CCc1c(C)nc2nc(C(F)(F)F)nn2c1C. The Labute approximate surface area is 187 Å². The van der Waals surface area contributed by atoms with Crippen molar-refractivity contribution < 1.29 is 22.8 Å². The second-order valence-corrected chi connectivity index (χ2v) is 8.25. The van der Waals surface area contributed by atoms with Crippen LogP contribution < -0.4 is 10.6 Å². The van der Waals surface area contributed by atoms with Gasteiger partial charge in [0.1, 0.15) is 0 Å². The lowest BCUT2D eigenvalue weighted by atomic mass is 10.1. The van der Waals surface area contributed by atoms with E-state index in [1.54, 1.807) is 26.0 Å². The molecule has 1 fully saturated rings. The van der Waals surface area contributed by atoms with Gasteiger partial charge in [-0.15, -0.1) is 5.10 Å². The quantitative estimate of drug-likeness (QED) is 0.579. The van der Waals surface area contributed by atoms with Crippen LogP contribution in [-0.4, -0.2) is 31.4 Å². The van der Waals surface area contributed by atoms with E-state index in [1.807, 2.05) is 13.0 Å². The Bertz CT molecular complexity index is 1250. The Morgan fingerprint density at radius 1 is 1.12 bits per heavy atom. The molecule has 0 atom stereocenters. The van der Waals surface area contributed by atoms with E-state index in [1.165, 1.54) is 0 Å². The topological polar surface area (TPSA) is 101 Å². The molecular weight excluding hydrogens is 437 g/mol. The molecule has 0 aliphatic heterocycles. The summed E-state index contributed by atoms with van der Waals surface area (Å²) in [6.45, 7) is 5.13. The van der Waals surface area contributed by atoms with E-state index >= 15 is 0 Å². The highest BCUT2D eigenvalue weighted by Gasteiger charge is 2.37. The van der Waals surface area contributed by atoms with Gasteiger partial charge in [-0.25, -0.2) is 9.50 Å². The van der Waals surface area contributed by atoms with Crippen LogP contribution in [0.15, 0.2) is 18.2 Å². The molecule has 0 spiro atoms. The number of alkyl halides is 3. The Kier molecular flexibility index (Phi) is 5.81. The molecule has 0 radical (unpaired) electrons. The van der Waals surface area contributed by atoms with E-state index in [9.17, 15) is 22.8 Å². The lowest BCUT2D eigenvalue weighted by molar-refractivity contribution is -0.144. The van der Waals surface area contributed by atoms with Crippen LogP contribution >= 0.6 is 0 Å². The van der Waals surface area contributed by atoms with Crippen LogP contribution in [0, 0.1) is 26.7 Å². The van der Waals surface area contributed by atoms with Crippen molar-refractivity contribution in [2.45, 2.75) is 52.6 Å². The highest BCUT2D eigenvalue weighted by Crippen LogP contribution is 2.31. The summed E-state index contributed by atoms with van der Waals surface area (Å²) in [5.74, 6) is -1.61. The number of carbonyl (C=O) groups is 2. The molecule has 2 heterocycles. The number of hydrogen-bond donors (Lipinski definition) is 2. The average molecular weight is 460 g/mol. The van der Waals surface area contributed by atoms with Gasteiger partial charge in [0.25, 0.3) is 11.6 Å². The molecule has 11 heteroatoms. The van der Waals surface area contributed by atoms with E-state index < -0.39 is 12.0 Å². The van der Waals surface area contributed by atoms with Crippen molar-refractivity contribution >= 4 is 29.0 Å².